The van der Waals surface area contributed by atoms with Crippen LogP contribution >= 0.6 is 12.4 Å². The van der Waals surface area contributed by atoms with E-state index in [2.05, 4.69) is 5.32 Å². The number of nitrogens with two attached hydrogens (primary N) is 1. The first-order chi connectivity index (χ1) is 10.7. The van der Waals surface area contributed by atoms with E-state index in [-0.39, 0.29) is 29.9 Å². The molecule has 1 fully saturated rings. The largest absolute Gasteiger partial charge is 0.351 e. The van der Waals surface area contributed by atoms with Crippen LogP contribution in [0.4, 0.5) is 0 Å². The molecule has 3 N–H and O–H groups in total. The Bertz CT molecular complexity index is 698. The van der Waals surface area contributed by atoms with E-state index in [4.69, 9.17) is 5.73 Å². The van der Waals surface area contributed by atoms with Crippen molar-refractivity contribution in [3.05, 3.63) is 29.3 Å². The molecule has 1 aliphatic carbocycles. The van der Waals surface area contributed by atoms with Crippen LogP contribution < -0.4 is 11.1 Å². The molecule has 0 aromatic heterocycles. The highest BCUT2D eigenvalue weighted by Crippen LogP contribution is 2.41. The number of nitrogens with one attached hydrogen (secondary N) is 1. The molecule has 1 aromatic carbocycles. The summed E-state index contributed by atoms with van der Waals surface area (Å²) in [6.45, 7) is 5.70. The lowest BCUT2D eigenvalue weighted by molar-refractivity contribution is -0.124. The Hall–Kier alpha value is -1.11. The van der Waals surface area contributed by atoms with E-state index in [0.29, 0.717) is 18.4 Å². The van der Waals surface area contributed by atoms with Gasteiger partial charge in [-0.15, -0.1) is 12.4 Å². The minimum Gasteiger partial charge on any atom is -0.351 e. The second-order valence-electron chi connectivity index (χ2n) is 6.58. The van der Waals surface area contributed by atoms with Crippen LogP contribution in [0, 0.1) is 13.8 Å². The number of rotatable bonds is 5. The maximum atomic E-state index is 13.3. The van der Waals surface area contributed by atoms with E-state index in [1.54, 1.807) is 26.0 Å². The molecule has 7 heteroatoms. The summed E-state index contributed by atoms with van der Waals surface area (Å²) < 4.78 is 25.3. The molecule has 1 saturated carbocycles. The fraction of sp³-hybridized carbons (Fsp3) is 0.588. The van der Waals surface area contributed by atoms with Crippen molar-refractivity contribution in [2.75, 3.05) is 6.54 Å². The summed E-state index contributed by atoms with van der Waals surface area (Å²) in [4.78, 5) is 13.1. The minimum absolute atomic E-state index is 0. The van der Waals surface area contributed by atoms with Crippen LogP contribution in [0.25, 0.3) is 0 Å². The van der Waals surface area contributed by atoms with Crippen LogP contribution in [-0.2, 0) is 14.6 Å². The van der Waals surface area contributed by atoms with Gasteiger partial charge in [-0.25, -0.2) is 8.42 Å². The van der Waals surface area contributed by atoms with Crippen molar-refractivity contribution in [1.29, 1.82) is 0 Å². The molecule has 1 atom stereocenters. The van der Waals surface area contributed by atoms with Crippen LogP contribution in [0.5, 0.6) is 0 Å². The molecule has 136 valence electrons. The van der Waals surface area contributed by atoms with Gasteiger partial charge in [-0.3, -0.25) is 4.79 Å². The molecule has 0 aliphatic heterocycles. The molecule has 1 amide bonds. The third kappa shape index (κ3) is 3.60. The molecular formula is C17H27ClN2O3S. The summed E-state index contributed by atoms with van der Waals surface area (Å²) in [5.74, 6) is -0.408. The van der Waals surface area contributed by atoms with Gasteiger partial charge in [0.05, 0.1) is 4.90 Å². The van der Waals surface area contributed by atoms with E-state index in [9.17, 15) is 13.2 Å². The highest BCUT2D eigenvalue weighted by Gasteiger charge is 2.53. The van der Waals surface area contributed by atoms with Crippen molar-refractivity contribution in [3.63, 3.8) is 0 Å². The van der Waals surface area contributed by atoms with Gasteiger partial charge in [0.2, 0.25) is 5.91 Å². The van der Waals surface area contributed by atoms with Crippen LogP contribution in [-0.4, -0.2) is 31.7 Å². The molecule has 0 unspecified atom stereocenters. The Balaban J connectivity index is 0.00000288. The van der Waals surface area contributed by atoms with Crippen molar-refractivity contribution >= 4 is 28.2 Å². The Kier molecular flexibility index (Phi) is 6.84. The monoisotopic (exact) mass is 374 g/mol. The highest BCUT2D eigenvalue weighted by molar-refractivity contribution is 7.93. The highest BCUT2D eigenvalue weighted by atomic mass is 35.5. The van der Waals surface area contributed by atoms with Crippen molar-refractivity contribution in [1.82, 2.24) is 5.32 Å². The normalized spacial score (nSPS) is 17.8. The smallest absolute Gasteiger partial charge is 0.242 e. The molecule has 1 aliphatic rings. The zero-order chi connectivity index (χ0) is 17.3. The molecule has 0 radical (unpaired) electrons. The number of halogens is 1. The van der Waals surface area contributed by atoms with Gasteiger partial charge in [0.15, 0.2) is 14.6 Å². The molecule has 24 heavy (non-hydrogen) atoms. The predicted octanol–water partition coefficient (Wildman–Crippen LogP) is 2.28. The van der Waals surface area contributed by atoms with Gasteiger partial charge in [-0.1, -0.05) is 25.0 Å². The quantitative estimate of drug-likeness (QED) is 0.827. The van der Waals surface area contributed by atoms with E-state index in [0.717, 1.165) is 18.4 Å². The van der Waals surface area contributed by atoms with Gasteiger partial charge in [-0.05, 0) is 50.8 Å². The van der Waals surface area contributed by atoms with Crippen LogP contribution in [0.2, 0.25) is 0 Å². The lowest BCUT2D eigenvalue weighted by atomic mass is 10.1. The summed E-state index contributed by atoms with van der Waals surface area (Å²) in [5, 5.41) is 2.78. The van der Waals surface area contributed by atoms with Gasteiger partial charge in [0, 0.05) is 12.6 Å². The lowest BCUT2D eigenvalue weighted by Crippen LogP contribution is -2.54. The lowest BCUT2D eigenvalue weighted by Gasteiger charge is -2.29. The minimum atomic E-state index is -3.76. The molecule has 0 saturated heterocycles. The first kappa shape index (κ1) is 20.9. The zero-order valence-corrected chi connectivity index (χ0v) is 16.1. The second kappa shape index (κ2) is 7.85. The SMILES string of the molecule is Cc1ccc(C)c(S(=O)(=O)C2(C(=O)N[C@@H](C)CN)CCCC2)c1.Cl. The molecule has 5 nitrogen and oxygen atoms in total. The van der Waals surface area contributed by atoms with Crippen molar-refractivity contribution in [2.45, 2.75) is 62.1 Å². The van der Waals surface area contributed by atoms with Gasteiger partial charge < -0.3 is 11.1 Å². The Labute approximate surface area is 150 Å². The number of amides is 1. The topological polar surface area (TPSA) is 89.3 Å². The van der Waals surface area contributed by atoms with Gasteiger partial charge in [-0.2, -0.15) is 0 Å². The van der Waals surface area contributed by atoms with Crippen molar-refractivity contribution in [3.8, 4) is 0 Å². The average Bonchev–Trinajstić information content (AvgIpc) is 3.00. The third-order valence-corrected chi connectivity index (χ3v) is 7.34. The summed E-state index contributed by atoms with van der Waals surface area (Å²) in [6, 6.07) is 5.11. The number of carbonyl (C=O) groups excluding carboxylic acids is 1. The Morgan fingerprint density at radius 2 is 1.88 bits per heavy atom. The fourth-order valence-electron chi connectivity index (χ4n) is 3.19. The Morgan fingerprint density at radius 1 is 1.29 bits per heavy atom. The van der Waals surface area contributed by atoms with E-state index < -0.39 is 20.5 Å². The number of carbonyl (C=O) groups is 1. The maximum Gasteiger partial charge on any atom is 0.242 e. The number of sulfone groups is 1. The number of hydrogen-bond acceptors (Lipinski definition) is 4. The summed E-state index contributed by atoms with van der Waals surface area (Å²) in [7, 11) is -3.76. The zero-order valence-electron chi connectivity index (χ0n) is 14.5. The number of benzene rings is 1. The summed E-state index contributed by atoms with van der Waals surface area (Å²) >= 11 is 0. The van der Waals surface area contributed by atoms with Crippen molar-refractivity contribution < 1.29 is 13.2 Å². The van der Waals surface area contributed by atoms with E-state index in [1.165, 1.54) is 0 Å². The first-order valence-electron chi connectivity index (χ1n) is 8.07. The molecule has 0 heterocycles. The standard InChI is InChI=1S/C17H26N2O3S.ClH/c1-12-6-7-13(2)15(10-12)23(21,22)17(8-4-5-9-17)16(20)19-14(3)11-18;/h6-7,10,14H,4-5,8-9,11,18H2,1-3H3,(H,19,20);1H/t14-;/m0./s1. The van der Waals surface area contributed by atoms with Crippen LogP contribution in [0.1, 0.15) is 43.7 Å². The first-order valence-corrected chi connectivity index (χ1v) is 9.56. The predicted molar refractivity (Wildman–Crippen MR) is 98.2 cm³/mol. The molecule has 0 bridgehead atoms. The summed E-state index contributed by atoms with van der Waals surface area (Å²) in [6.07, 6.45) is 2.22. The molecule has 2 rings (SSSR count). The van der Waals surface area contributed by atoms with Gasteiger partial charge in [0.25, 0.3) is 0 Å². The van der Waals surface area contributed by atoms with E-state index >= 15 is 0 Å². The molecule has 0 spiro atoms. The number of hydrogen-bond donors (Lipinski definition) is 2. The molecular weight excluding hydrogens is 348 g/mol. The second-order valence-corrected chi connectivity index (χ2v) is 8.81. The average molecular weight is 375 g/mol. The Morgan fingerprint density at radius 3 is 2.42 bits per heavy atom. The van der Waals surface area contributed by atoms with Crippen molar-refractivity contribution in [2.24, 2.45) is 5.73 Å². The van der Waals surface area contributed by atoms with Crippen LogP contribution in [0.15, 0.2) is 23.1 Å². The van der Waals surface area contributed by atoms with Gasteiger partial charge in [0.1, 0.15) is 0 Å². The third-order valence-electron chi connectivity index (χ3n) is 4.70. The van der Waals surface area contributed by atoms with Crippen LogP contribution in [0.3, 0.4) is 0 Å². The maximum absolute atomic E-state index is 13.3. The van der Waals surface area contributed by atoms with Gasteiger partial charge >= 0.3 is 0 Å². The molecule has 1 aromatic rings. The number of aryl methyl sites for hydroxylation is 2. The summed E-state index contributed by atoms with van der Waals surface area (Å²) in [5.41, 5.74) is 7.12. The fourth-order valence-corrected chi connectivity index (χ4v) is 5.57. The van der Waals surface area contributed by atoms with E-state index in [1.807, 2.05) is 13.0 Å².